The molecule has 1 aromatic carbocycles. The zero-order chi connectivity index (χ0) is 29.4. The average molecular weight is 592 g/mol. The maximum absolute atomic E-state index is 13.5. The van der Waals surface area contributed by atoms with E-state index in [0.29, 0.717) is 27.9 Å². The largest absolute Gasteiger partial charge is 0.355 e. The molecule has 1 aromatic heterocycles. The Balaban J connectivity index is 1.64. The first kappa shape index (κ1) is 31.0. The first-order valence-electron chi connectivity index (χ1n) is 14.8. The summed E-state index contributed by atoms with van der Waals surface area (Å²) in [5, 5.41) is 9.94. The van der Waals surface area contributed by atoms with Gasteiger partial charge in [0, 0.05) is 51.4 Å². The number of nitriles is 1. The number of nitrogens with zero attached hydrogens (tertiary/aromatic N) is 5. The van der Waals surface area contributed by atoms with Crippen LogP contribution in [0.5, 0.6) is 0 Å². The van der Waals surface area contributed by atoms with E-state index in [9.17, 15) is 14.9 Å². The Kier molecular flexibility index (Phi) is 11.2. The van der Waals surface area contributed by atoms with Gasteiger partial charge >= 0.3 is 0 Å². The first-order valence-corrected chi connectivity index (χ1v) is 16.1. The van der Waals surface area contributed by atoms with Crippen LogP contribution in [0.4, 0.5) is 5.82 Å². The smallest absolute Gasteiger partial charge is 0.270 e. The van der Waals surface area contributed by atoms with E-state index < -0.39 is 0 Å². The van der Waals surface area contributed by atoms with Crippen molar-refractivity contribution in [1.29, 1.82) is 5.26 Å². The number of carbonyl (C=O) groups is 1. The van der Waals surface area contributed by atoms with E-state index in [4.69, 9.17) is 12.2 Å². The number of pyridine rings is 1. The van der Waals surface area contributed by atoms with Crippen LogP contribution < -0.4 is 10.5 Å². The molecule has 0 aliphatic carbocycles. The molecular formula is C32H41N5O2S2. The molecule has 0 bridgehead atoms. The lowest BCUT2D eigenvalue weighted by molar-refractivity contribution is -0.122. The number of anilines is 1. The van der Waals surface area contributed by atoms with Crippen LogP contribution in [0.15, 0.2) is 40.0 Å². The summed E-state index contributed by atoms with van der Waals surface area (Å²) in [6, 6.07) is 12.6. The number of hydrogen-bond donors (Lipinski definition) is 0. The lowest BCUT2D eigenvalue weighted by Gasteiger charge is -2.38. The van der Waals surface area contributed by atoms with Gasteiger partial charge in [-0.15, -0.1) is 0 Å². The van der Waals surface area contributed by atoms with Crippen molar-refractivity contribution in [2.24, 2.45) is 0 Å². The first-order chi connectivity index (χ1) is 19.9. The molecule has 0 N–H and O–H groups in total. The predicted octanol–water partition coefficient (Wildman–Crippen LogP) is 5.93. The maximum Gasteiger partial charge on any atom is 0.270 e. The zero-order valence-corrected chi connectivity index (χ0v) is 26.2. The number of unbranched alkanes of at least 4 members (excludes halogenated alkanes) is 4. The Labute approximate surface area is 253 Å². The number of benzene rings is 1. The van der Waals surface area contributed by atoms with Gasteiger partial charge in [0.15, 0.2) is 0 Å². The van der Waals surface area contributed by atoms with E-state index in [0.717, 1.165) is 69.8 Å². The van der Waals surface area contributed by atoms with E-state index in [-0.39, 0.29) is 17.0 Å². The molecule has 9 heteroatoms. The number of aromatic nitrogens is 1. The molecule has 7 nitrogen and oxygen atoms in total. The highest BCUT2D eigenvalue weighted by Gasteiger charge is 2.33. The third-order valence-electron chi connectivity index (χ3n) is 7.85. The van der Waals surface area contributed by atoms with E-state index in [1.54, 1.807) is 9.47 Å². The molecule has 4 rings (SSSR count). The molecule has 2 aliphatic rings. The van der Waals surface area contributed by atoms with E-state index >= 15 is 0 Å². The van der Waals surface area contributed by atoms with Crippen LogP contribution in [0.1, 0.15) is 74.6 Å². The summed E-state index contributed by atoms with van der Waals surface area (Å²) in [6.45, 7) is 11.3. The molecule has 0 saturated carbocycles. The lowest BCUT2D eigenvalue weighted by Crippen LogP contribution is -2.48. The Morgan fingerprint density at radius 2 is 1.68 bits per heavy atom. The highest BCUT2D eigenvalue weighted by atomic mass is 32.2. The number of amides is 1. The Morgan fingerprint density at radius 3 is 2.34 bits per heavy atom. The summed E-state index contributed by atoms with van der Waals surface area (Å²) in [5.74, 6) is 0.720. The van der Waals surface area contributed by atoms with Crippen molar-refractivity contribution >= 4 is 46.1 Å². The number of carbonyl (C=O) groups excluding carboxylic acids is 1. The van der Waals surface area contributed by atoms with Gasteiger partial charge in [0.05, 0.1) is 4.91 Å². The summed E-state index contributed by atoms with van der Waals surface area (Å²) in [6.07, 6.45) is 8.19. The minimum absolute atomic E-state index is 0.0831. The topological polar surface area (TPSA) is 72.6 Å². The molecule has 218 valence electrons. The molecule has 0 atom stereocenters. The molecule has 2 saturated heterocycles. The van der Waals surface area contributed by atoms with Gasteiger partial charge in [-0.1, -0.05) is 93.8 Å². The summed E-state index contributed by atoms with van der Waals surface area (Å²) < 4.78 is 2.33. The lowest BCUT2D eigenvalue weighted by atomic mass is 10.0. The third-order valence-corrected chi connectivity index (χ3v) is 9.23. The van der Waals surface area contributed by atoms with E-state index in [1.165, 1.54) is 30.2 Å². The SMILES string of the molecule is CCCCCCCN1C(=O)C(=Cc2c(C)c(C#N)c(=O)n(CCC)c2N2CCN(Cc3ccccc3)CC2)SC1=S. The Morgan fingerprint density at radius 1 is 0.976 bits per heavy atom. The van der Waals surface area contributed by atoms with Gasteiger partial charge in [-0.25, -0.2) is 0 Å². The van der Waals surface area contributed by atoms with Crippen molar-refractivity contribution in [3.63, 3.8) is 0 Å². The molecule has 2 fully saturated rings. The van der Waals surface area contributed by atoms with Crippen LogP contribution in [0.25, 0.3) is 6.08 Å². The number of hydrogen-bond acceptors (Lipinski definition) is 7. The number of thioether (sulfide) groups is 1. The summed E-state index contributed by atoms with van der Waals surface area (Å²) in [4.78, 5) is 33.9. The molecule has 0 radical (unpaired) electrons. The van der Waals surface area contributed by atoms with Crippen molar-refractivity contribution in [3.05, 3.63) is 67.8 Å². The van der Waals surface area contributed by atoms with Gasteiger partial charge in [0.2, 0.25) is 0 Å². The van der Waals surface area contributed by atoms with Crippen LogP contribution in [0, 0.1) is 18.3 Å². The van der Waals surface area contributed by atoms with Crippen molar-refractivity contribution in [1.82, 2.24) is 14.4 Å². The summed E-state index contributed by atoms with van der Waals surface area (Å²) in [7, 11) is 0. The van der Waals surface area contributed by atoms with Gasteiger partial charge in [-0.2, -0.15) is 5.26 Å². The summed E-state index contributed by atoms with van der Waals surface area (Å²) in [5.41, 5.74) is 2.56. The van der Waals surface area contributed by atoms with Crippen LogP contribution in [0.2, 0.25) is 0 Å². The van der Waals surface area contributed by atoms with Gasteiger partial charge in [-0.3, -0.25) is 24.0 Å². The molecule has 0 spiro atoms. The summed E-state index contributed by atoms with van der Waals surface area (Å²) >= 11 is 6.93. The van der Waals surface area contributed by atoms with E-state index in [2.05, 4.69) is 47.1 Å². The van der Waals surface area contributed by atoms with E-state index in [1.807, 2.05) is 26.0 Å². The standard InChI is InChI=1S/C32H41N5O2S2/c1-4-6-7-8-12-16-37-31(39)28(41-32(37)40)21-26-24(3)27(22-33)30(38)36(15-5-2)29(26)35-19-17-34(18-20-35)23-25-13-10-9-11-14-25/h9-11,13-14,21H,4-8,12,15-20,23H2,1-3H3. The van der Waals surface area contributed by atoms with Gasteiger partial charge < -0.3 is 4.90 Å². The average Bonchev–Trinajstić information content (AvgIpc) is 3.24. The van der Waals surface area contributed by atoms with Gasteiger partial charge in [0.25, 0.3) is 11.5 Å². The second-order valence-electron chi connectivity index (χ2n) is 10.8. The second-order valence-corrected chi connectivity index (χ2v) is 12.5. The predicted molar refractivity (Wildman–Crippen MR) is 173 cm³/mol. The second kappa shape index (κ2) is 14.8. The molecule has 2 aromatic rings. The van der Waals surface area contributed by atoms with Crippen LogP contribution in [-0.4, -0.2) is 57.3 Å². The molecule has 2 aliphatic heterocycles. The van der Waals surface area contributed by atoms with Crippen molar-refractivity contribution in [2.45, 2.75) is 72.4 Å². The fraction of sp³-hybridized carbons (Fsp3) is 0.500. The van der Waals surface area contributed by atoms with Crippen LogP contribution in [-0.2, 0) is 17.9 Å². The molecule has 0 unspecified atom stereocenters. The third kappa shape index (κ3) is 7.29. The number of piperazine rings is 1. The zero-order valence-electron chi connectivity index (χ0n) is 24.5. The number of rotatable bonds is 12. The maximum atomic E-state index is 13.5. The Bertz CT molecular complexity index is 1370. The van der Waals surface area contributed by atoms with Gasteiger partial charge in [0.1, 0.15) is 21.8 Å². The van der Waals surface area contributed by atoms with Gasteiger partial charge in [-0.05, 0) is 37.0 Å². The van der Waals surface area contributed by atoms with Crippen LogP contribution in [0.3, 0.4) is 0 Å². The minimum atomic E-state index is -0.259. The Hall–Kier alpha value is -2.93. The normalized spacial score (nSPS) is 17.1. The fourth-order valence-electron chi connectivity index (χ4n) is 5.57. The number of thiocarbonyl (C=S) groups is 1. The molecule has 41 heavy (non-hydrogen) atoms. The van der Waals surface area contributed by atoms with Crippen molar-refractivity contribution < 1.29 is 4.79 Å². The van der Waals surface area contributed by atoms with Crippen molar-refractivity contribution in [3.8, 4) is 6.07 Å². The molecule has 1 amide bonds. The fourth-order valence-corrected chi connectivity index (χ4v) is 6.86. The van der Waals surface area contributed by atoms with Crippen molar-refractivity contribution in [2.75, 3.05) is 37.6 Å². The molecular weight excluding hydrogens is 551 g/mol. The van der Waals surface area contributed by atoms with Crippen LogP contribution >= 0.6 is 24.0 Å². The minimum Gasteiger partial charge on any atom is -0.355 e. The quantitative estimate of drug-likeness (QED) is 0.172. The monoisotopic (exact) mass is 591 g/mol. The highest BCUT2D eigenvalue weighted by Crippen LogP contribution is 2.36. The highest BCUT2D eigenvalue weighted by molar-refractivity contribution is 8.26. The molecule has 3 heterocycles.